The van der Waals surface area contributed by atoms with Crippen LogP contribution in [0.15, 0.2) is 4.79 Å². The third-order valence-electron chi connectivity index (χ3n) is 3.67. The van der Waals surface area contributed by atoms with E-state index in [2.05, 4.69) is 15.3 Å². The third-order valence-corrected chi connectivity index (χ3v) is 3.67. The minimum Gasteiger partial charge on any atom is -0.388 e. The van der Waals surface area contributed by atoms with Gasteiger partial charge in [0.05, 0.1) is 11.3 Å². The summed E-state index contributed by atoms with van der Waals surface area (Å²) in [6, 6.07) is 0. The molecule has 0 atom stereocenters. The zero-order chi connectivity index (χ0) is 14.0. The number of aliphatic hydroxyl groups is 1. The van der Waals surface area contributed by atoms with Crippen molar-refractivity contribution in [1.82, 2.24) is 15.3 Å². The second kappa shape index (κ2) is 5.13. The Labute approximate surface area is 111 Å². The maximum atomic E-state index is 11.9. The molecule has 0 bridgehead atoms. The maximum absolute atomic E-state index is 11.9. The van der Waals surface area contributed by atoms with Crippen molar-refractivity contribution in [3.63, 3.8) is 0 Å². The summed E-state index contributed by atoms with van der Waals surface area (Å²) < 4.78 is 0. The molecule has 0 aromatic carbocycles. The van der Waals surface area contributed by atoms with Crippen LogP contribution in [0.25, 0.3) is 0 Å². The molecular weight excluding hydrogens is 246 g/mol. The Hall–Kier alpha value is -1.69. The smallest absolute Gasteiger partial charge is 0.279 e. The summed E-state index contributed by atoms with van der Waals surface area (Å²) in [5.74, 6) is -0.537. The lowest BCUT2D eigenvalue weighted by atomic mass is 10.0. The number of nitrogens with one attached hydrogen (secondary N) is 2. The molecule has 0 spiro atoms. The molecular formula is C13H19N3O3. The van der Waals surface area contributed by atoms with Crippen LogP contribution in [0.2, 0.25) is 0 Å². The summed E-state index contributed by atoms with van der Waals surface area (Å²) in [6.45, 7) is 3.62. The lowest BCUT2D eigenvalue weighted by molar-refractivity contribution is 0.0448. The van der Waals surface area contributed by atoms with Gasteiger partial charge in [-0.2, -0.15) is 0 Å². The molecule has 1 heterocycles. The van der Waals surface area contributed by atoms with Gasteiger partial charge in [0.2, 0.25) is 0 Å². The minimum atomic E-state index is -0.831. The SMILES string of the molecule is Cc1nc(C(=O)NCC2(O)CCCC2)c(=O)[nH]c1C. The normalized spacial score (nSPS) is 17.4. The van der Waals surface area contributed by atoms with Crippen molar-refractivity contribution in [2.75, 3.05) is 6.54 Å². The fourth-order valence-electron chi connectivity index (χ4n) is 2.31. The largest absolute Gasteiger partial charge is 0.388 e. The number of aromatic nitrogens is 2. The van der Waals surface area contributed by atoms with E-state index in [1.54, 1.807) is 13.8 Å². The van der Waals surface area contributed by atoms with Crippen molar-refractivity contribution in [3.05, 3.63) is 27.4 Å². The molecule has 0 unspecified atom stereocenters. The Morgan fingerprint density at radius 1 is 1.42 bits per heavy atom. The minimum absolute atomic E-state index is 0.148. The molecule has 0 aliphatic heterocycles. The fraction of sp³-hybridized carbons (Fsp3) is 0.615. The van der Waals surface area contributed by atoms with Crippen molar-refractivity contribution in [2.45, 2.75) is 45.1 Å². The van der Waals surface area contributed by atoms with Crippen LogP contribution in [0, 0.1) is 13.8 Å². The van der Waals surface area contributed by atoms with E-state index < -0.39 is 17.1 Å². The first-order chi connectivity index (χ1) is 8.91. The van der Waals surface area contributed by atoms with Crippen molar-refractivity contribution in [3.8, 4) is 0 Å². The summed E-state index contributed by atoms with van der Waals surface area (Å²) in [7, 11) is 0. The van der Waals surface area contributed by atoms with Crippen LogP contribution in [-0.2, 0) is 0 Å². The molecule has 19 heavy (non-hydrogen) atoms. The van der Waals surface area contributed by atoms with Gasteiger partial charge in [0.25, 0.3) is 11.5 Å². The van der Waals surface area contributed by atoms with Gasteiger partial charge >= 0.3 is 0 Å². The Morgan fingerprint density at radius 2 is 2.05 bits per heavy atom. The molecule has 2 rings (SSSR count). The quantitative estimate of drug-likeness (QED) is 0.738. The first-order valence-electron chi connectivity index (χ1n) is 6.49. The van der Waals surface area contributed by atoms with E-state index in [4.69, 9.17) is 0 Å². The van der Waals surface area contributed by atoms with E-state index in [0.29, 0.717) is 24.2 Å². The molecule has 1 amide bonds. The topological polar surface area (TPSA) is 95.1 Å². The number of rotatable bonds is 3. The number of hydrogen-bond donors (Lipinski definition) is 3. The van der Waals surface area contributed by atoms with E-state index in [1.165, 1.54) is 0 Å². The predicted molar refractivity (Wildman–Crippen MR) is 70.1 cm³/mol. The Morgan fingerprint density at radius 3 is 2.68 bits per heavy atom. The van der Waals surface area contributed by atoms with Gasteiger partial charge < -0.3 is 15.4 Å². The van der Waals surface area contributed by atoms with Crippen molar-refractivity contribution in [2.24, 2.45) is 0 Å². The highest BCUT2D eigenvalue weighted by Gasteiger charge is 2.31. The van der Waals surface area contributed by atoms with E-state index in [0.717, 1.165) is 12.8 Å². The molecule has 0 saturated heterocycles. The molecule has 1 aromatic rings. The van der Waals surface area contributed by atoms with Gasteiger partial charge in [-0.05, 0) is 26.7 Å². The number of hydrogen-bond acceptors (Lipinski definition) is 4. The van der Waals surface area contributed by atoms with Gasteiger partial charge in [-0.1, -0.05) is 12.8 Å². The molecule has 1 aliphatic rings. The van der Waals surface area contributed by atoms with Crippen molar-refractivity contribution >= 4 is 5.91 Å². The number of carbonyl (C=O) groups is 1. The van der Waals surface area contributed by atoms with Crippen LogP contribution in [0.3, 0.4) is 0 Å². The lowest BCUT2D eigenvalue weighted by Gasteiger charge is -2.22. The highest BCUT2D eigenvalue weighted by molar-refractivity contribution is 5.91. The average molecular weight is 265 g/mol. The van der Waals surface area contributed by atoms with Crippen LogP contribution in [0.5, 0.6) is 0 Å². The second-order valence-corrected chi connectivity index (χ2v) is 5.24. The zero-order valence-electron chi connectivity index (χ0n) is 11.2. The Bertz CT molecular complexity index is 545. The molecule has 1 aromatic heterocycles. The van der Waals surface area contributed by atoms with Gasteiger partial charge in [-0.15, -0.1) is 0 Å². The van der Waals surface area contributed by atoms with E-state index in [1.807, 2.05) is 0 Å². The van der Waals surface area contributed by atoms with Gasteiger partial charge in [0.15, 0.2) is 5.69 Å². The predicted octanol–water partition coefficient (Wildman–Crippen LogP) is 0.422. The zero-order valence-corrected chi connectivity index (χ0v) is 11.2. The van der Waals surface area contributed by atoms with E-state index >= 15 is 0 Å². The molecule has 1 fully saturated rings. The molecule has 6 heteroatoms. The molecule has 1 aliphatic carbocycles. The van der Waals surface area contributed by atoms with Gasteiger partial charge in [0.1, 0.15) is 0 Å². The molecule has 104 valence electrons. The van der Waals surface area contributed by atoms with E-state index in [9.17, 15) is 14.7 Å². The number of nitrogens with zero attached hydrogens (tertiary/aromatic N) is 1. The Kier molecular flexibility index (Phi) is 3.71. The van der Waals surface area contributed by atoms with Crippen LogP contribution in [0.1, 0.15) is 47.6 Å². The van der Waals surface area contributed by atoms with E-state index in [-0.39, 0.29) is 12.2 Å². The maximum Gasteiger partial charge on any atom is 0.279 e. The van der Waals surface area contributed by atoms with Crippen LogP contribution in [-0.4, -0.2) is 33.1 Å². The number of aromatic amines is 1. The molecule has 3 N–H and O–H groups in total. The number of amides is 1. The van der Waals surface area contributed by atoms with Crippen LogP contribution >= 0.6 is 0 Å². The second-order valence-electron chi connectivity index (χ2n) is 5.24. The first-order valence-corrected chi connectivity index (χ1v) is 6.49. The lowest BCUT2D eigenvalue weighted by Crippen LogP contribution is -2.42. The number of carbonyl (C=O) groups excluding carboxylic acids is 1. The molecule has 6 nitrogen and oxygen atoms in total. The first kappa shape index (κ1) is 13.7. The molecule has 0 radical (unpaired) electrons. The van der Waals surface area contributed by atoms with Gasteiger partial charge in [-0.3, -0.25) is 9.59 Å². The Balaban J connectivity index is 2.08. The van der Waals surface area contributed by atoms with Crippen molar-refractivity contribution < 1.29 is 9.90 Å². The number of H-pyrrole nitrogens is 1. The van der Waals surface area contributed by atoms with Crippen LogP contribution < -0.4 is 10.9 Å². The summed E-state index contributed by atoms with van der Waals surface area (Å²) in [5, 5.41) is 12.7. The number of aryl methyl sites for hydroxylation is 2. The summed E-state index contributed by atoms with van der Waals surface area (Å²) in [5.41, 5.74) is -0.216. The van der Waals surface area contributed by atoms with Gasteiger partial charge in [0, 0.05) is 12.2 Å². The van der Waals surface area contributed by atoms with Crippen LogP contribution in [0.4, 0.5) is 0 Å². The summed E-state index contributed by atoms with van der Waals surface area (Å²) >= 11 is 0. The molecule has 1 saturated carbocycles. The highest BCUT2D eigenvalue weighted by Crippen LogP contribution is 2.28. The summed E-state index contributed by atoms with van der Waals surface area (Å²) in [4.78, 5) is 30.2. The summed E-state index contributed by atoms with van der Waals surface area (Å²) in [6.07, 6.45) is 3.30. The fourth-order valence-corrected chi connectivity index (χ4v) is 2.31. The highest BCUT2D eigenvalue weighted by atomic mass is 16.3. The van der Waals surface area contributed by atoms with Gasteiger partial charge in [-0.25, -0.2) is 4.98 Å². The standard InChI is InChI=1S/C13H19N3O3/c1-8-9(2)16-12(18)10(15-8)11(17)14-7-13(19)5-3-4-6-13/h19H,3-7H2,1-2H3,(H,14,17)(H,16,18). The monoisotopic (exact) mass is 265 g/mol. The average Bonchev–Trinajstić information content (AvgIpc) is 2.78. The van der Waals surface area contributed by atoms with Crippen molar-refractivity contribution in [1.29, 1.82) is 0 Å². The third kappa shape index (κ3) is 3.01.